The van der Waals surface area contributed by atoms with Crippen molar-refractivity contribution in [1.29, 1.82) is 0 Å². The molecule has 416 valence electrons. The van der Waals surface area contributed by atoms with Gasteiger partial charge in [0.05, 0.1) is 55.4 Å². The van der Waals surface area contributed by atoms with Crippen molar-refractivity contribution in [3.63, 3.8) is 0 Å². The third kappa shape index (κ3) is 16.0. The Kier molecular flexibility index (Phi) is 18.5. The first-order chi connectivity index (χ1) is 40.0. The Bertz CT molecular complexity index is 4250. The number of aromatic hydroxyl groups is 1. The summed E-state index contributed by atoms with van der Waals surface area (Å²) in [4.78, 5) is 59.7. The predicted molar refractivity (Wildman–Crippen MR) is 298 cm³/mol. The summed E-state index contributed by atoms with van der Waals surface area (Å²) in [5.41, 5.74) is 2.28. The van der Waals surface area contributed by atoms with E-state index in [1.165, 1.54) is 27.3 Å². The molecule has 9 heterocycles. The van der Waals surface area contributed by atoms with Gasteiger partial charge in [-0.1, -0.05) is 11.6 Å². The van der Waals surface area contributed by atoms with Crippen LogP contribution in [0.1, 0.15) is 59.1 Å². The zero-order valence-electron chi connectivity index (χ0n) is 48.0. The summed E-state index contributed by atoms with van der Waals surface area (Å²) in [7, 11) is 0. The van der Waals surface area contributed by atoms with Gasteiger partial charge in [-0.3, -0.25) is 43.0 Å². The lowest BCUT2D eigenvalue weighted by molar-refractivity contribution is 0.292. The number of ether oxygens (including phenoxy) is 2. The lowest BCUT2D eigenvalue weighted by Gasteiger charge is -2.16. The minimum Gasteiger partial charge on any atom is -0.508 e. The van der Waals surface area contributed by atoms with Crippen LogP contribution in [0.5, 0.6) is 17.2 Å². The number of hydrogen-bond donors (Lipinski definition) is 1. The highest BCUT2D eigenvalue weighted by atomic mass is 79.9. The molecule has 80 heavy (non-hydrogen) atoms. The van der Waals surface area contributed by atoms with Gasteiger partial charge in [-0.2, -0.15) is 0 Å². The second-order valence-electron chi connectivity index (χ2n) is 16.5. The molecule has 0 aromatic carbocycles. The average Bonchev–Trinajstić information content (AvgIpc) is 2.94. The summed E-state index contributed by atoms with van der Waals surface area (Å²) in [5, 5.41) is 8.95. The summed E-state index contributed by atoms with van der Waals surface area (Å²) in [6, 6.07) is 13.2. The Hall–Kier alpha value is -7.25. The van der Waals surface area contributed by atoms with Crippen molar-refractivity contribution in [2.45, 2.75) is 60.5 Å². The Balaban J connectivity index is 0.000000193. The van der Waals surface area contributed by atoms with E-state index in [0.29, 0.717) is 84.6 Å². The van der Waals surface area contributed by atoms with Crippen LogP contribution < -0.4 is 26.2 Å². The molecule has 0 aliphatic heterocycles. The van der Waals surface area contributed by atoms with Crippen molar-refractivity contribution >= 4 is 71.0 Å². The van der Waals surface area contributed by atoms with Gasteiger partial charge in [-0.05, 0) is 130 Å². The van der Waals surface area contributed by atoms with E-state index in [-0.39, 0.29) is 22.8 Å². The molecule has 0 fully saturated rings. The SMILES string of the molecule is Cc1cnc(Br)cc1-n1c(C)cc(O)cc1=O.[2H]C([2H])(Cl)c1ncc(F)cc1F.[2H]C([2H])(Oc1cc(C)n(-c2cc(Br)ncc2C)c(=O)c1)c1ncc(F)cc1F.[2H]C([2H])(Oc1cc(C)n(-c2cc(Br)ncc2C)c(=O)c1Cl)c1ncc(F)cc1F. The van der Waals surface area contributed by atoms with Gasteiger partial charge in [0.1, 0.15) is 83.9 Å². The molecule has 9 rings (SSSR count). The maximum Gasteiger partial charge on any atom is 0.277 e. The molecule has 1 N–H and O–H groups in total. The van der Waals surface area contributed by atoms with E-state index in [0.717, 1.165) is 22.9 Å². The van der Waals surface area contributed by atoms with E-state index in [1.807, 2.05) is 6.92 Å². The number of pyridine rings is 9. The molecule has 0 amide bonds. The first kappa shape index (κ1) is 53.4. The van der Waals surface area contributed by atoms with Crippen molar-refractivity contribution in [3.8, 4) is 34.3 Å². The number of aromatic nitrogens is 9. The van der Waals surface area contributed by atoms with Gasteiger partial charge in [-0.15, -0.1) is 11.6 Å². The second-order valence-corrected chi connectivity index (χ2v) is 19.5. The van der Waals surface area contributed by atoms with E-state index >= 15 is 0 Å². The fourth-order valence-corrected chi connectivity index (χ4v) is 8.23. The summed E-state index contributed by atoms with van der Waals surface area (Å²) < 4.78 is 141. The van der Waals surface area contributed by atoms with Gasteiger partial charge in [0.2, 0.25) is 0 Å². The lowest BCUT2D eigenvalue weighted by atomic mass is 10.2. The molecule has 0 saturated heterocycles. The zero-order valence-corrected chi connectivity index (χ0v) is 48.3. The molecule has 15 nitrogen and oxygen atoms in total. The third-order valence-corrected chi connectivity index (χ3v) is 12.4. The summed E-state index contributed by atoms with van der Waals surface area (Å²) >= 11 is 21.1. The van der Waals surface area contributed by atoms with Crippen LogP contribution in [0.3, 0.4) is 0 Å². The van der Waals surface area contributed by atoms with Gasteiger partial charge >= 0.3 is 0 Å². The average molecular weight is 1340 g/mol. The van der Waals surface area contributed by atoms with Gasteiger partial charge in [-0.25, -0.2) is 41.3 Å². The molecule has 0 aliphatic rings. The number of aryl methyl sites for hydroxylation is 6. The zero-order chi connectivity index (χ0) is 64.1. The molecule has 0 unspecified atom stereocenters. The van der Waals surface area contributed by atoms with Crippen LogP contribution in [0, 0.1) is 76.4 Å². The number of rotatable bonds is 10. The molecule has 0 bridgehead atoms. The smallest absolute Gasteiger partial charge is 0.277 e. The number of hydrogen-bond acceptors (Lipinski definition) is 12. The van der Waals surface area contributed by atoms with Crippen LogP contribution in [-0.2, 0) is 19.0 Å². The highest BCUT2D eigenvalue weighted by Crippen LogP contribution is 2.27. The predicted octanol–water partition coefficient (Wildman–Crippen LogP) is 12.8. The Morgan fingerprint density at radius 1 is 0.512 bits per heavy atom. The normalized spacial score (nSPS) is 12.3. The number of nitrogens with zero attached hydrogens (tertiary/aromatic N) is 9. The molecule has 0 spiro atoms. The van der Waals surface area contributed by atoms with E-state index in [2.05, 4.69) is 77.7 Å². The molecular weight excluding hydrogens is 1300 g/mol. The van der Waals surface area contributed by atoms with Gasteiger partial charge in [0.25, 0.3) is 16.7 Å². The third-order valence-electron chi connectivity index (χ3n) is 10.6. The highest BCUT2D eigenvalue weighted by Gasteiger charge is 2.18. The fourth-order valence-electron chi connectivity index (χ4n) is 6.95. The van der Waals surface area contributed by atoms with Crippen molar-refractivity contribution in [2.75, 3.05) is 0 Å². The largest absolute Gasteiger partial charge is 0.508 e. The first-order valence-corrected chi connectivity index (χ1v) is 25.6. The fraction of sp³-hybridized carbons (Fsp3) is 0.167. The highest BCUT2D eigenvalue weighted by molar-refractivity contribution is 9.11. The molecule has 0 aliphatic carbocycles. The Morgan fingerprint density at radius 2 is 0.900 bits per heavy atom. The van der Waals surface area contributed by atoms with Crippen molar-refractivity contribution < 1.29 is 49.1 Å². The molecule has 0 radical (unpaired) electrons. The minimum absolute atomic E-state index is 0.0190. The maximum atomic E-state index is 13.9. The number of halogens is 11. The van der Waals surface area contributed by atoms with Crippen LogP contribution in [0.2, 0.25) is 5.02 Å². The quantitative estimate of drug-likeness (QED) is 0.0778. The monoisotopic (exact) mass is 1340 g/mol. The lowest BCUT2D eigenvalue weighted by Crippen LogP contribution is -2.22. The first-order valence-electron chi connectivity index (χ1n) is 25.5. The Labute approximate surface area is 495 Å². The van der Waals surface area contributed by atoms with Crippen LogP contribution in [0.4, 0.5) is 26.3 Å². The summed E-state index contributed by atoms with van der Waals surface area (Å²) in [5.74, 6) is -9.10. The van der Waals surface area contributed by atoms with Crippen molar-refractivity contribution in [3.05, 3.63) is 240 Å². The second kappa shape index (κ2) is 27.8. The summed E-state index contributed by atoms with van der Waals surface area (Å²) in [6.45, 7) is 4.95. The molecule has 0 atom stereocenters. The van der Waals surface area contributed by atoms with E-state index in [1.54, 1.807) is 82.0 Å². The van der Waals surface area contributed by atoms with E-state index in [4.69, 9.17) is 40.9 Å². The standard InChI is InChI=1S/C18H13BrClF2N3O2.C18H14BrF2N3O2.C12H11BrN2O2.C6H4ClF2N/c1-9-6-24-16(19)5-14(9)25-10(2)3-15(17(20)18(25)26)27-8-13-12(22)4-11(21)7-23-13;1-10-7-23-17(19)6-16(10)24-11(2)3-13(5-18(24)25)26-9-15-14(21)4-12(20)8-22-15;1-7-6-14-11(13)5-10(7)15-8(2)3-9(16)4-12(15)17;7-2-6-5(9)1-4(8)3-10-6/h3-7H,8H2,1-2H3;3-8H,9H2,1-2H3;3-6,16H,1-2H3;1,3H,2H2/i8D2;9D2;;2D2. The van der Waals surface area contributed by atoms with Crippen LogP contribution in [0.15, 0.2) is 132 Å². The van der Waals surface area contributed by atoms with Crippen LogP contribution >= 0.6 is 71.0 Å². The molecule has 0 saturated carbocycles. The minimum atomic E-state index is -2.80. The van der Waals surface area contributed by atoms with Crippen LogP contribution in [-0.4, -0.2) is 48.7 Å². The molecule has 9 aromatic rings. The van der Waals surface area contributed by atoms with Gasteiger partial charge < -0.3 is 14.6 Å². The van der Waals surface area contributed by atoms with E-state index < -0.39 is 87.1 Å². The molecule has 9 aromatic heterocycles. The number of alkyl halides is 1. The van der Waals surface area contributed by atoms with Gasteiger partial charge in [0.15, 0.2) is 11.6 Å². The van der Waals surface area contributed by atoms with Crippen molar-refractivity contribution in [1.82, 2.24) is 43.6 Å². The Morgan fingerprint density at radius 3 is 1.31 bits per heavy atom. The van der Waals surface area contributed by atoms with Crippen molar-refractivity contribution in [2.24, 2.45) is 0 Å². The summed E-state index contributed by atoms with van der Waals surface area (Å²) in [6.07, 6.45) is 6.93. The van der Waals surface area contributed by atoms with Gasteiger partial charge in [0, 0.05) is 78.1 Å². The van der Waals surface area contributed by atoms with E-state index in [9.17, 15) is 45.8 Å². The molecular formula is C54H42Br3Cl2F6N9O6. The van der Waals surface area contributed by atoms with Crippen LogP contribution in [0.25, 0.3) is 17.1 Å². The molecule has 26 heteroatoms. The maximum absolute atomic E-state index is 13.9. The topological polar surface area (TPSA) is 182 Å².